The number of halogens is 1. The van der Waals surface area contributed by atoms with Gasteiger partial charge >= 0.3 is 0 Å². The first kappa shape index (κ1) is 18.9. The lowest BCUT2D eigenvalue weighted by atomic mass is 10.1. The molecular weight excluding hydrogens is 382 g/mol. The molecule has 0 amide bonds. The Morgan fingerprint density at radius 1 is 0.931 bits per heavy atom. The molecule has 0 fully saturated rings. The van der Waals surface area contributed by atoms with Crippen LogP contribution in [0.2, 0.25) is 5.02 Å². The maximum Gasteiger partial charge on any atom is 0.244 e. The Morgan fingerprint density at radius 2 is 1.69 bits per heavy atom. The molecule has 5 nitrogen and oxygen atoms in total. The molecule has 0 aliphatic carbocycles. The SMILES string of the molecule is CN(C)c1ccc(/C=N/Nc2nc(-c3ccccc3)c3cc(Cl)ccc3n2)cc1. The predicted molar refractivity (Wildman–Crippen MR) is 122 cm³/mol. The van der Waals surface area contributed by atoms with Crippen molar-refractivity contribution in [3.05, 3.63) is 83.4 Å². The number of hydrazone groups is 1. The molecule has 0 atom stereocenters. The predicted octanol–water partition coefficient (Wildman–Crippen LogP) is 5.46. The first-order valence-electron chi connectivity index (χ1n) is 9.19. The number of hydrogen-bond acceptors (Lipinski definition) is 5. The Hall–Kier alpha value is -3.44. The van der Waals surface area contributed by atoms with Crippen LogP contribution < -0.4 is 10.3 Å². The van der Waals surface area contributed by atoms with Gasteiger partial charge in [-0.25, -0.2) is 15.4 Å². The lowest BCUT2D eigenvalue weighted by Gasteiger charge is -2.11. The van der Waals surface area contributed by atoms with Gasteiger partial charge in [-0.15, -0.1) is 0 Å². The van der Waals surface area contributed by atoms with Gasteiger partial charge in [-0.2, -0.15) is 5.10 Å². The van der Waals surface area contributed by atoms with E-state index in [9.17, 15) is 0 Å². The van der Waals surface area contributed by atoms with E-state index in [4.69, 9.17) is 11.6 Å². The molecule has 6 heteroatoms. The van der Waals surface area contributed by atoms with E-state index in [-0.39, 0.29) is 0 Å². The molecule has 1 N–H and O–H groups in total. The van der Waals surface area contributed by atoms with Crippen LogP contribution in [0.25, 0.3) is 22.2 Å². The monoisotopic (exact) mass is 401 g/mol. The highest BCUT2D eigenvalue weighted by Gasteiger charge is 2.10. The van der Waals surface area contributed by atoms with Crippen molar-refractivity contribution in [2.75, 3.05) is 24.4 Å². The number of nitrogens with one attached hydrogen (secondary N) is 1. The second kappa shape index (κ2) is 8.29. The fourth-order valence-electron chi connectivity index (χ4n) is 2.99. The van der Waals surface area contributed by atoms with Crippen LogP contribution in [0.4, 0.5) is 11.6 Å². The maximum atomic E-state index is 6.20. The van der Waals surface area contributed by atoms with Gasteiger partial charge in [0.25, 0.3) is 0 Å². The summed E-state index contributed by atoms with van der Waals surface area (Å²) in [5.74, 6) is 0.430. The molecule has 0 aliphatic rings. The van der Waals surface area contributed by atoms with Crippen LogP contribution in [-0.2, 0) is 0 Å². The van der Waals surface area contributed by atoms with Gasteiger partial charge in [0.1, 0.15) is 0 Å². The molecule has 0 spiro atoms. The summed E-state index contributed by atoms with van der Waals surface area (Å²) in [5, 5.41) is 5.86. The van der Waals surface area contributed by atoms with E-state index in [2.05, 4.69) is 25.4 Å². The van der Waals surface area contributed by atoms with E-state index in [1.54, 1.807) is 6.21 Å². The van der Waals surface area contributed by atoms with Gasteiger partial charge in [-0.05, 0) is 35.9 Å². The van der Waals surface area contributed by atoms with Gasteiger partial charge in [0.15, 0.2) is 0 Å². The molecule has 4 aromatic rings. The molecule has 0 saturated heterocycles. The second-order valence-corrected chi connectivity index (χ2v) is 7.22. The summed E-state index contributed by atoms with van der Waals surface area (Å²) in [7, 11) is 4.03. The highest BCUT2D eigenvalue weighted by atomic mass is 35.5. The van der Waals surface area contributed by atoms with Crippen LogP contribution in [-0.4, -0.2) is 30.3 Å². The third-order valence-electron chi connectivity index (χ3n) is 4.49. The molecule has 1 heterocycles. The van der Waals surface area contributed by atoms with E-state index in [1.807, 2.05) is 86.9 Å². The van der Waals surface area contributed by atoms with Crippen molar-refractivity contribution in [2.24, 2.45) is 5.10 Å². The third kappa shape index (κ3) is 4.36. The zero-order valence-corrected chi connectivity index (χ0v) is 16.9. The fraction of sp³-hybridized carbons (Fsp3) is 0.0870. The van der Waals surface area contributed by atoms with Crippen molar-refractivity contribution in [3.8, 4) is 11.3 Å². The molecule has 0 saturated carbocycles. The first-order valence-corrected chi connectivity index (χ1v) is 9.57. The van der Waals surface area contributed by atoms with Gasteiger partial charge in [0.2, 0.25) is 5.95 Å². The molecular formula is C23H20ClN5. The van der Waals surface area contributed by atoms with Gasteiger partial charge in [0, 0.05) is 35.8 Å². The Kier molecular flexibility index (Phi) is 5.40. The minimum Gasteiger partial charge on any atom is -0.378 e. The number of nitrogens with zero attached hydrogens (tertiary/aromatic N) is 4. The van der Waals surface area contributed by atoms with Crippen molar-refractivity contribution in [3.63, 3.8) is 0 Å². The normalized spacial score (nSPS) is 11.1. The summed E-state index contributed by atoms with van der Waals surface area (Å²) in [4.78, 5) is 11.3. The summed E-state index contributed by atoms with van der Waals surface area (Å²) in [5.41, 5.74) is 7.68. The average Bonchev–Trinajstić information content (AvgIpc) is 2.74. The number of hydrogen-bond donors (Lipinski definition) is 1. The summed E-state index contributed by atoms with van der Waals surface area (Å²) < 4.78 is 0. The Labute approximate surface area is 174 Å². The van der Waals surface area contributed by atoms with Crippen LogP contribution in [0.15, 0.2) is 77.9 Å². The smallest absolute Gasteiger partial charge is 0.244 e. The van der Waals surface area contributed by atoms with Crippen molar-refractivity contribution in [1.82, 2.24) is 9.97 Å². The minimum absolute atomic E-state index is 0.430. The zero-order chi connectivity index (χ0) is 20.2. The first-order chi connectivity index (χ1) is 14.1. The van der Waals surface area contributed by atoms with Crippen LogP contribution in [0.5, 0.6) is 0 Å². The molecule has 0 bridgehead atoms. The van der Waals surface area contributed by atoms with Crippen molar-refractivity contribution in [2.45, 2.75) is 0 Å². The Balaban J connectivity index is 1.65. The quantitative estimate of drug-likeness (QED) is 0.356. The standard InChI is InChI=1S/C23H20ClN5/c1-29(2)19-11-8-16(9-12-19)15-25-28-23-26-21-13-10-18(24)14-20(21)22(27-23)17-6-4-3-5-7-17/h3-15H,1-2H3,(H,26,27,28)/b25-15+. The van der Waals surface area contributed by atoms with E-state index in [1.165, 1.54) is 0 Å². The molecule has 29 heavy (non-hydrogen) atoms. The van der Waals surface area contributed by atoms with Crippen LogP contribution in [0.1, 0.15) is 5.56 Å². The highest BCUT2D eigenvalue weighted by molar-refractivity contribution is 6.31. The van der Waals surface area contributed by atoms with Crippen molar-refractivity contribution in [1.29, 1.82) is 0 Å². The number of benzene rings is 3. The number of aromatic nitrogens is 2. The highest BCUT2D eigenvalue weighted by Crippen LogP contribution is 2.29. The van der Waals surface area contributed by atoms with E-state index in [0.717, 1.165) is 33.4 Å². The van der Waals surface area contributed by atoms with E-state index >= 15 is 0 Å². The Bertz CT molecular complexity index is 1160. The summed E-state index contributed by atoms with van der Waals surface area (Å²) in [6, 6.07) is 23.7. The van der Waals surface area contributed by atoms with Gasteiger partial charge in [0.05, 0.1) is 17.4 Å². The topological polar surface area (TPSA) is 53.4 Å². The fourth-order valence-corrected chi connectivity index (χ4v) is 3.16. The third-order valence-corrected chi connectivity index (χ3v) is 4.73. The average molecular weight is 402 g/mol. The zero-order valence-electron chi connectivity index (χ0n) is 16.2. The summed E-state index contributed by atoms with van der Waals surface area (Å²) in [6.07, 6.45) is 1.75. The molecule has 4 rings (SSSR count). The minimum atomic E-state index is 0.430. The molecule has 0 aliphatic heterocycles. The summed E-state index contributed by atoms with van der Waals surface area (Å²) in [6.45, 7) is 0. The van der Waals surface area contributed by atoms with Crippen LogP contribution in [0, 0.1) is 0 Å². The van der Waals surface area contributed by atoms with Gasteiger partial charge in [-0.3, -0.25) is 0 Å². The van der Waals surface area contributed by atoms with Gasteiger partial charge < -0.3 is 4.90 Å². The number of rotatable bonds is 5. The molecule has 0 unspecified atom stereocenters. The van der Waals surface area contributed by atoms with Crippen LogP contribution >= 0.6 is 11.6 Å². The molecule has 3 aromatic carbocycles. The molecule has 1 aromatic heterocycles. The Morgan fingerprint density at radius 3 is 2.41 bits per heavy atom. The second-order valence-electron chi connectivity index (χ2n) is 6.78. The largest absolute Gasteiger partial charge is 0.378 e. The lowest BCUT2D eigenvalue weighted by Crippen LogP contribution is -2.08. The molecule has 0 radical (unpaired) electrons. The lowest BCUT2D eigenvalue weighted by molar-refractivity contribution is 1.13. The number of fused-ring (bicyclic) bond motifs is 1. The van der Waals surface area contributed by atoms with Crippen molar-refractivity contribution < 1.29 is 0 Å². The van der Waals surface area contributed by atoms with E-state index < -0.39 is 0 Å². The molecule has 144 valence electrons. The number of anilines is 2. The maximum absolute atomic E-state index is 6.20. The van der Waals surface area contributed by atoms with Crippen LogP contribution in [0.3, 0.4) is 0 Å². The van der Waals surface area contributed by atoms with Crippen molar-refractivity contribution >= 4 is 40.4 Å². The van der Waals surface area contributed by atoms with Gasteiger partial charge in [-0.1, -0.05) is 54.1 Å². The summed E-state index contributed by atoms with van der Waals surface area (Å²) >= 11 is 6.20. The van der Waals surface area contributed by atoms with E-state index in [0.29, 0.717) is 11.0 Å².